The Hall–Kier alpha value is -1.80. The standard InChI is InChI=1S/C15H11ClO2/c16-15(17)14-11-6-2-1-5-10(11)9-18-13-8-4-3-7-12(13)14/h1-8,14H,9H2/t14-/m1/s1. The van der Waals surface area contributed by atoms with Crippen molar-refractivity contribution in [1.29, 1.82) is 0 Å². The first kappa shape index (κ1) is 11.3. The largest absolute Gasteiger partial charge is 0.489 e. The fourth-order valence-corrected chi connectivity index (χ4v) is 2.60. The van der Waals surface area contributed by atoms with Gasteiger partial charge in [0.2, 0.25) is 5.24 Å². The van der Waals surface area contributed by atoms with Gasteiger partial charge in [-0.05, 0) is 28.8 Å². The molecule has 1 aliphatic heterocycles. The van der Waals surface area contributed by atoms with Crippen molar-refractivity contribution < 1.29 is 9.53 Å². The Balaban J connectivity index is 2.24. The SMILES string of the molecule is O=C(Cl)[C@@H]1c2ccccc2COc2ccccc21. The normalized spacial score (nSPS) is 17.1. The summed E-state index contributed by atoms with van der Waals surface area (Å²) in [6.07, 6.45) is 0. The quantitative estimate of drug-likeness (QED) is 0.732. The van der Waals surface area contributed by atoms with Crippen molar-refractivity contribution >= 4 is 16.8 Å². The highest BCUT2D eigenvalue weighted by molar-refractivity contribution is 6.65. The first-order chi connectivity index (χ1) is 8.77. The highest BCUT2D eigenvalue weighted by atomic mass is 35.5. The molecule has 0 amide bonds. The first-order valence-electron chi connectivity index (χ1n) is 5.76. The zero-order valence-electron chi connectivity index (χ0n) is 9.60. The molecule has 1 heterocycles. The Morgan fingerprint density at radius 2 is 1.72 bits per heavy atom. The van der Waals surface area contributed by atoms with Gasteiger partial charge < -0.3 is 4.74 Å². The van der Waals surface area contributed by atoms with E-state index in [9.17, 15) is 4.79 Å². The summed E-state index contributed by atoms with van der Waals surface area (Å²) in [6, 6.07) is 15.3. The summed E-state index contributed by atoms with van der Waals surface area (Å²) in [5.74, 6) is 0.286. The molecule has 1 atom stereocenters. The number of carbonyl (C=O) groups is 1. The maximum absolute atomic E-state index is 11.8. The number of carbonyl (C=O) groups excluding carboxylic acids is 1. The van der Waals surface area contributed by atoms with Crippen LogP contribution in [0.25, 0.3) is 0 Å². The summed E-state index contributed by atoms with van der Waals surface area (Å²) in [5.41, 5.74) is 2.78. The smallest absolute Gasteiger partial charge is 0.233 e. The van der Waals surface area contributed by atoms with Crippen LogP contribution in [0.5, 0.6) is 5.75 Å². The molecule has 0 saturated heterocycles. The lowest BCUT2D eigenvalue weighted by Crippen LogP contribution is -2.09. The molecular formula is C15H11ClO2. The minimum Gasteiger partial charge on any atom is -0.489 e. The van der Waals surface area contributed by atoms with Crippen LogP contribution in [0.1, 0.15) is 22.6 Å². The molecule has 0 aromatic heterocycles. The molecule has 18 heavy (non-hydrogen) atoms. The van der Waals surface area contributed by atoms with Crippen LogP contribution in [-0.4, -0.2) is 5.24 Å². The molecule has 0 aliphatic carbocycles. The van der Waals surface area contributed by atoms with Gasteiger partial charge >= 0.3 is 0 Å². The summed E-state index contributed by atoms with van der Waals surface area (Å²) in [6.45, 7) is 0.466. The van der Waals surface area contributed by atoms with Crippen LogP contribution in [-0.2, 0) is 11.4 Å². The minimum atomic E-state index is -0.443. The van der Waals surface area contributed by atoms with E-state index < -0.39 is 5.92 Å². The number of para-hydroxylation sites is 1. The van der Waals surface area contributed by atoms with Gasteiger partial charge in [0, 0.05) is 5.56 Å². The van der Waals surface area contributed by atoms with E-state index in [-0.39, 0.29) is 5.24 Å². The van der Waals surface area contributed by atoms with E-state index in [0.29, 0.717) is 6.61 Å². The molecule has 0 N–H and O–H groups in total. The van der Waals surface area contributed by atoms with Crippen LogP contribution in [0.15, 0.2) is 48.5 Å². The van der Waals surface area contributed by atoms with E-state index in [1.165, 1.54) is 0 Å². The zero-order chi connectivity index (χ0) is 12.5. The number of benzene rings is 2. The maximum Gasteiger partial charge on any atom is 0.233 e. The van der Waals surface area contributed by atoms with Crippen LogP contribution < -0.4 is 4.74 Å². The van der Waals surface area contributed by atoms with Crippen LogP contribution in [0.4, 0.5) is 0 Å². The molecule has 2 aromatic rings. The highest BCUT2D eigenvalue weighted by Gasteiger charge is 2.28. The van der Waals surface area contributed by atoms with E-state index >= 15 is 0 Å². The van der Waals surface area contributed by atoms with Crippen molar-refractivity contribution in [2.24, 2.45) is 0 Å². The zero-order valence-corrected chi connectivity index (χ0v) is 10.4. The van der Waals surface area contributed by atoms with E-state index in [0.717, 1.165) is 22.4 Å². The fourth-order valence-electron chi connectivity index (χ4n) is 2.37. The first-order valence-corrected chi connectivity index (χ1v) is 6.14. The van der Waals surface area contributed by atoms with Crippen molar-refractivity contribution in [2.45, 2.75) is 12.5 Å². The second kappa shape index (κ2) is 4.46. The molecule has 2 aromatic carbocycles. The minimum absolute atomic E-state index is 0.375. The lowest BCUT2D eigenvalue weighted by Gasteiger charge is -2.14. The van der Waals surface area contributed by atoms with Crippen LogP contribution in [0.2, 0.25) is 0 Å². The van der Waals surface area contributed by atoms with Gasteiger partial charge in [-0.2, -0.15) is 0 Å². The second-order valence-electron chi connectivity index (χ2n) is 4.26. The predicted octanol–water partition coefficient (Wildman–Crippen LogP) is 3.48. The Morgan fingerprint density at radius 1 is 1.06 bits per heavy atom. The van der Waals surface area contributed by atoms with Crippen LogP contribution >= 0.6 is 11.6 Å². The Kier molecular flexibility index (Phi) is 2.80. The number of hydrogen-bond acceptors (Lipinski definition) is 2. The number of rotatable bonds is 1. The third kappa shape index (κ3) is 1.79. The molecule has 0 radical (unpaired) electrons. The van der Waals surface area contributed by atoms with Gasteiger partial charge in [0.05, 0.1) is 5.92 Å². The van der Waals surface area contributed by atoms with Gasteiger partial charge in [0.25, 0.3) is 0 Å². The van der Waals surface area contributed by atoms with Crippen molar-refractivity contribution in [2.75, 3.05) is 0 Å². The number of ether oxygens (including phenoxy) is 1. The van der Waals surface area contributed by atoms with Gasteiger partial charge in [0.15, 0.2) is 0 Å². The summed E-state index contributed by atoms with van der Waals surface area (Å²) < 4.78 is 5.74. The van der Waals surface area contributed by atoms with E-state index in [1.807, 2.05) is 48.5 Å². The Morgan fingerprint density at radius 3 is 2.50 bits per heavy atom. The average molecular weight is 259 g/mol. The Labute approximate surface area is 110 Å². The number of hydrogen-bond donors (Lipinski definition) is 0. The molecule has 0 fully saturated rings. The number of fused-ring (bicyclic) bond motifs is 2. The van der Waals surface area contributed by atoms with Crippen LogP contribution in [0, 0.1) is 0 Å². The Bertz CT molecular complexity index is 559. The molecule has 1 aliphatic rings. The van der Waals surface area contributed by atoms with Gasteiger partial charge in [-0.3, -0.25) is 4.79 Å². The third-order valence-electron chi connectivity index (χ3n) is 3.21. The fraction of sp³-hybridized carbons (Fsp3) is 0.133. The van der Waals surface area contributed by atoms with Crippen molar-refractivity contribution in [3.63, 3.8) is 0 Å². The third-order valence-corrected chi connectivity index (χ3v) is 3.42. The lowest BCUT2D eigenvalue weighted by molar-refractivity contribution is -0.112. The van der Waals surface area contributed by atoms with Crippen molar-refractivity contribution in [1.82, 2.24) is 0 Å². The van der Waals surface area contributed by atoms with E-state index in [1.54, 1.807) is 0 Å². The molecule has 3 rings (SSSR count). The molecule has 0 saturated carbocycles. The molecule has 3 heteroatoms. The summed E-state index contributed by atoms with van der Waals surface area (Å²) >= 11 is 5.79. The average Bonchev–Trinajstić information content (AvgIpc) is 2.55. The topological polar surface area (TPSA) is 26.3 Å². The van der Waals surface area contributed by atoms with Crippen molar-refractivity contribution in [3.8, 4) is 5.75 Å². The maximum atomic E-state index is 11.8. The van der Waals surface area contributed by atoms with E-state index in [4.69, 9.17) is 16.3 Å². The van der Waals surface area contributed by atoms with Crippen LogP contribution in [0.3, 0.4) is 0 Å². The summed E-state index contributed by atoms with van der Waals surface area (Å²) in [4.78, 5) is 11.8. The van der Waals surface area contributed by atoms with Gasteiger partial charge in [-0.15, -0.1) is 0 Å². The predicted molar refractivity (Wildman–Crippen MR) is 69.9 cm³/mol. The van der Waals surface area contributed by atoms with Gasteiger partial charge in [-0.1, -0.05) is 42.5 Å². The van der Waals surface area contributed by atoms with Crippen molar-refractivity contribution in [3.05, 3.63) is 65.2 Å². The lowest BCUT2D eigenvalue weighted by atomic mass is 9.89. The number of halogens is 1. The molecular weight excluding hydrogens is 248 g/mol. The monoisotopic (exact) mass is 258 g/mol. The summed E-state index contributed by atoms with van der Waals surface area (Å²) in [5, 5.41) is -0.375. The van der Waals surface area contributed by atoms with E-state index in [2.05, 4.69) is 0 Å². The summed E-state index contributed by atoms with van der Waals surface area (Å²) in [7, 11) is 0. The molecule has 90 valence electrons. The highest BCUT2D eigenvalue weighted by Crippen LogP contribution is 2.38. The van der Waals surface area contributed by atoms with Gasteiger partial charge in [0.1, 0.15) is 12.4 Å². The molecule has 0 spiro atoms. The second-order valence-corrected chi connectivity index (χ2v) is 4.63. The molecule has 0 unspecified atom stereocenters. The molecule has 2 nitrogen and oxygen atoms in total. The molecule has 0 bridgehead atoms. The van der Waals surface area contributed by atoms with Gasteiger partial charge in [-0.25, -0.2) is 0 Å².